The summed E-state index contributed by atoms with van der Waals surface area (Å²) in [5.74, 6) is 0.364. The van der Waals surface area contributed by atoms with Crippen molar-refractivity contribution >= 4 is 17.6 Å². The Balaban J connectivity index is 1.85. The molecule has 0 aromatic carbocycles. The van der Waals surface area contributed by atoms with Crippen molar-refractivity contribution in [3.05, 3.63) is 0 Å². The van der Waals surface area contributed by atoms with Gasteiger partial charge in [0.15, 0.2) is 5.84 Å². The largest absolute Gasteiger partial charge is 0.409 e. The molecule has 2 aliphatic rings. The maximum Gasteiger partial charge on any atom is 0.155 e. The van der Waals surface area contributed by atoms with Gasteiger partial charge in [0.05, 0.1) is 16.5 Å². The second kappa shape index (κ2) is 6.12. The van der Waals surface area contributed by atoms with Gasteiger partial charge in [-0.15, -0.1) is 0 Å². The van der Waals surface area contributed by atoms with E-state index >= 15 is 0 Å². The molecule has 3 N–H and O–H groups in total. The smallest absolute Gasteiger partial charge is 0.155 e. The van der Waals surface area contributed by atoms with Gasteiger partial charge in [-0.25, -0.2) is 0 Å². The van der Waals surface area contributed by atoms with Crippen LogP contribution in [0.2, 0.25) is 0 Å². The average Bonchev–Trinajstić information content (AvgIpc) is 2.78. The number of rotatable bonds is 4. The SMILES string of the molecule is CSC1(C(N)=NO)CCN(CC2CCC(C)(C)O2)CC1. The molecule has 0 aromatic heterocycles. The number of amidine groups is 1. The van der Waals surface area contributed by atoms with Crippen LogP contribution in [0.4, 0.5) is 0 Å². The minimum Gasteiger partial charge on any atom is -0.409 e. The molecule has 2 fully saturated rings. The summed E-state index contributed by atoms with van der Waals surface area (Å²) < 4.78 is 5.87. The van der Waals surface area contributed by atoms with Crippen molar-refractivity contribution in [2.24, 2.45) is 10.9 Å². The van der Waals surface area contributed by atoms with Crippen LogP contribution >= 0.6 is 11.8 Å². The van der Waals surface area contributed by atoms with Gasteiger partial charge in [0.1, 0.15) is 0 Å². The number of hydrogen-bond donors (Lipinski definition) is 2. The van der Waals surface area contributed by atoms with E-state index in [1.54, 1.807) is 11.8 Å². The number of thioether (sulfide) groups is 1. The summed E-state index contributed by atoms with van der Waals surface area (Å²) in [6.07, 6.45) is 6.55. The minimum absolute atomic E-state index is 0.0391. The molecule has 6 heteroatoms. The van der Waals surface area contributed by atoms with Gasteiger partial charge in [-0.2, -0.15) is 11.8 Å². The van der Waals surface area contributed by atoms with Crippen LogP contribution in [0.15, 0.2) is 5.16 Å². The van der Waals surface area contributed by atoms with E-state index in [1.807, 2.05) is 6.26 Å². The van der Waals surface area contributed by atoms with Crippen molar-refractivity contribution in [3.8, 4) is 0 Å². The minimum atomic E-state index is -0.193. The van der Waals surface area contributed by atoms with Crippen molar-refractivity contribution in [3.63, 3.8) is 0 Å². The van der Waals surface area contributed by atoms with E-state index in [0.717, 1.165) is 45.3 Å². The first-order chi connectivity index (χ1) is 9.41. The van der Waals surface area contributed by atoms with Crippen molar-refractivity contribution in [2.45, 2.75) is 56.0 Å². The molecule has 0 spiro atoms. The summed E-state index contributed by atoms with van der Waals surface area (Å²) in [6, 6.07) is 0. The van der Waals surface area contributed by atoms with E-state index in [9.17, 15) is 0 Å². The summed E-state index contributed by atoms with van der Waals surface area (Å²) in [5.41, 5.74) is 5.91. The standard InChI is InChI=1S/C14H27N3O2S/c1-13(2)5-4-11(19-13)10-17-8-6-14(20-3,7-9-17)12(15)16-18/h11,18H,4-10H2,1-3H3,(H2,15,16). The van der Waals surface area contributed by atoms with Gasteiger partial charge >= 0.3 is 0 Å². The van der Waals surface area contributed by atoms with Gasteiger partial charge in [-0.1, -0.05) is 5.16 Å². The topological polar surface area (TPSA) is 71.1 Å². The predicted molar refractivity (Wildman–Crippen MR) is 83.5 cm³/mol. The zero-order chi connectivity index (χ0) is 14.8. The fourth-order valence-electron chi connectivity index (χ4n) is 3.25. The molecule has 1 unspecified atom stereocenters. The molecule has 5 nitrogen and oxygen atoms in total. The Labute approximate surface area is 125 Å². The van der Waals surface area contributed by atoms with Crippen LogP contribution in [0, 0.1) is 0 Å². The molecule has 0 radical (unpaired) electrons. The molecule has 2 saturated heterocycles. The summed E-state index contributed by atoms with van der Waals surface area (Å²) in [5, 5.41) is 12.2. The Hall–Kier alpha value is -0.460. The molecule has 2 aliphatic heterocycles. The van der Waals surface area contributed by atoms with Gasteiger partial charge in [-0.3, -0.25) is 0 Å². The molecule has 2 heterocycles. The van der Waals surface area contributed by atoms with Crippen molar-refractivity contribution in [1.29, 1.82) is 0 Å². The summed E-state index contributed by atoms with van der Waals surface area (Å²) in [4.78, 5) is 2.45. The monoisotopic (exact) mass is 301 g/mol. The Kier molecular flexibility index (Phi) is 4.87. The van der Waals surface area contributed by atoms with Crippen molar-refractivity contribution in [2.75, 3.05) is 25.9 Å². The second-order valence-electron chi connectivity index (χ2n) is 6.52. The molecule has 1 atom stereocenters. The van der Waals surface area contributed by atoms with E-state index in [1.165, 1.54) is 0 Å². The van der Waals surface area contributed by atoms with Crippen molar-refractivity contribution < 1.29 is 9.94 Å². The highest BCUT2D eigenvalue weighted by atomic mass is 32.2. The average molecular weight is 301 g/mol. The first kappa shape index (κ1) is 15.9. The number of nitrogens with zero attached hydrogens (tertiary/aromatic N) is 2. The zero-order valence-electron chi connectivity index (χ0n) is 12.8. The van der Waals surface area contributed by atoms with Crippen molar-refractivity contribution in [1.82, 2.24) is 4.90 Å². The van der Waals surface area contributed by atoms with Crippen LogP contribution < -0.4 is 5.73 Å². The van der Waals surface area contributed by atoms with Gasteiger partial charge in [0.25, 0.3) is 0 Å². The van der Waals surface area contributed by atoms with Crippen LogP contribution in [0.5, 0.6) is 0 Å². The molecule has 0 aliphatic carbocycles. The summed E-state index contributed by atoms with van der Waals surface area (Å²) in [7, 11) is 0. The van der Waals surface area contributed by atoms with E-state index in [-0.39, 0.29) is 10.3 Å². The zero-order valence-corrected chi connectivity index (χ0v) is 13.6. The lowest BCUT2D eigenvalue weighted by atomic mass is 9.94. The molecular formula is C14H27N3O2S. The quantitative estimate of drug-likeness (QED) is 0.359. The molecule has 0 bridgehead atoms. The van der Waals surface area contributed by atoms with E-state index in [4.69, 9.17) is 15.7 Å². The van der Waals surface area contributed by atoms with Gasteiger partial charge in [0.2, 0.25) is 0 Å². The molecule has 2 rings (SSSR count). The van der Waals surface area contributed by atoms with Crippen LogP contribution in [0.25, 0.3) is 0 Å². The Morgan fingerprint density at radius 1 is 1.40 bits per heavy atom. The molecule has 116 valence electrons. The number of likely N-dealkylation sites (tertiary alicyclic amines) is 1. The van der Waals surface area contributed by atoms with Gasteiger partial charge < -0.3 is 20.6 Å². The third kappa shape index (κ3) is 3.40. The number of ether oxygens (including phenoxy) is 1. The fraction of sp³-hybridized carbons (Fsp3) is 0.929. The highest BCUT2D eigenvalue weighted by Gasteiger charge is 2.39. The van der Waals surface area contributed by atoms with E-state index in [2.05, 4.69) is 23.9 Å². The number of hydrogen-bond acceptors (Lipinski definition) is 5. The fourth-order valence-corrected chi connectivity index (χ4v) is 4.09. The molecule has 0 aromatic rings. The number of oxime groups is 1. The summed E-state index contributed by atoms with van der Waals surface area (Å²) in [6.45, 7) is 7.31. The number of piperidine rings is 1. The Morgan fingerprint density at radius 2 is 2.05 bits per heavy atom. The van der Waals surface area contributed by atoms with E-state index in [0.29, 0.717) is 11.9 Å². The molecular weight excluding hydrogens is 274 g/mol. The van der Waals surface area contributed by atoms with Crippen LogP contribution in [-0.4, -0.2) is 58.3 Å². The second-order valence-corrected chi connectivity index (χ2v) is 7.71. The number of nitrogens with two attached hydrogens (primary N) is 1. The lowest BCUT2D eigenvalue weighted by molar-refractivity contribution is -0.0307. The van der Waals surface area contributed by atoms with Crippen LogP contribution in [-0.2, 0) is 4.74 Å². The summed E-state index contributed by atoms with van der Waals surface area (Å²) >= 11 is 1.70. The first-order valence-corrected chi connectivity index (χ1v) is 8.57. The maximum absolute atomic E-state index is 8.95. The predicted octanol–water partition coefficient (Wildman–Crippen LogP) is 1.89. The first-order valence-electron chi connectivity index (χ1n) is 7.34. The Bertz CT molecular complexity index is 365. The molecule has 0 amide bonds. The molecule has 0 saturated carbocycles. The van der Waals surface area contributed by atoms with Crippen LogP contribution in [0.1, 0.15) is 39.5 Å². The highest BCUT2D eigenvalue weighted by molar-refractivity contribution is 8.00. The third-order valence-corrected chi connectivity index (χ3v) is 6.04. The van der Waals surface area contributed by atoms with Gasteiger partial charge in [0, 0.05) is 19.6 Å². The molecule has 20 heavy (non-hydrogen) atoms. The van der Waals surface area contributed by atoms with Crippen LogP contribution in [0.3, 0.4) is 0 Å². The Morgan fingerprint density at radius 3 is 2.50 bits per heavy atom. The lowest BCUT2D eigenvalue weighted by Crippen LogP contribution is -2.51. The normalized spacial score (nSPS) is 30.6. The van der Waals surface area contributed by atoms with Gasteiger partial charge in [-0.05, 0) is 45.8 Å². The highest BCUT2D eigenvalue weighted by Crippen LogP contribution is 2.36. The third-order valence-electron chi connectivity index (χ3n) is 4.64. The lowest BCUT2D eigenvalue weighted by Gasteiger charge is -2.40. The van der Waals surface area contributed by atoms with E-state index < -0.39 is 0 Å². The maximum atomic E-state index is 8.95.